The fourth-order valence-corrected chi connectivity index (χ4v) is 1.61. The molecule has 0 bridgehead atoms. The SMILES string of the molecule is CC(C(=O)O)=C(C)C(O)CCCCCCCO. The van der Waals surface area contributed by atoms with E-state index >= 15 is 0 Å². The van der Waals surface area contributed by atoms with E-state index < -0.39 is 12.1 Å². The van der Waals surface area contributed by atoms with Crippen LogP contribution >= 0.6 is 0 Å². The fraction of sp³-hybridized carbons (Fsp3) is 0.769. The Kier molecular flexibility index (Phi) is 8.72. The minimum atomic E-state index is -0.968. The van der Waals surface area contributed by atoms with Crippen LogP contribution in [0.3, 0.4) is 0 Å². The number of carboxylic acid groups (broad SMARTS) is 1. The Morgan fingerprint density at radius 3 is 2.12 bits per heavy atom. The second-order valence-electron chi connectivity index (χ2n) is 4.41. The van der Waals surface area contributed by atoms with Crippen LogP contribution in [0.15, 0.2) is 11.1 Å². The molecule has 0 saturated heterocycles. The lowest BCUT2D eigenvalue weighted by molar-refractivity contribution is -0.132. The summed E-state index contributed by atoms with van der Waals surface area (Å²) in [6, 6.07) is 0. The van der Waals surface area contributed by atoms with Crippen LogP contribution in [0.2, 0.25) is 0 Å². The normalized spacial score (nSPS) is 14.4. The van der Waals surface area contributed by atoms with E-state index in [2.05, 4.69) is 0 Å². The summed E-state index contributed by atoms with van der Waals surface area (Å²) < 4.78 is 0. The van der Waals surface area contributed by atoms with Crippen LogP contribution in [0.25, 0.3) is 0 Å². The van der Waals surface area contributed by atoms with Crippen molar-refractivity contribution in [1.82, 2.24) is 0 Å². The maximum Gasteiger partial charge on any atom is 0.331 e. The summed E-state index contributed by atoms with van der Waals surface area (Å²) >= 11 is 0. The van der Waals surface area contributed by atoms with Crippen LogP contribution in [0.1, 0.15) is 52.4 Å². The van der Waals surface area contributed by atoms with Crippen LogP contribution in [0, 0.1) is 0 Å². The minimum Gasteiger partial charge on any atom is -0.478 e. The van der Waals surface area contributed by atoms with Crippen molar-refractivity contribution >= 4 is 5.97 Å². The molecule has 0 aliphatic carbocycles. The Bertz CT molecular complexity index is 258. The summed E-state index contributed by atoms with van der Waals surface area (Å²) in [5.74, 6) is -0.968. The maximum atomic E-state index is 10.7. The van der Waals surface area contributed by atoms with Gasteiger partial charge < -0.3 is 15.3 Å². The van der Waals surface area contributed by atoms with Crippen molar-refractivity contribution < 1.29 is 20.1 Å². The minimum absolute atomic E-state index is 0.234. The molecule has 4 heteroatoms. The number of rotatable bonds is 9. The molecule has 0 saturated carbocycles. The average molecular weight is 244 g/mol. The van der Waals surface area contributed by atoms with Gasteiger partial charge in [-0.15, -0.1) is 0 Å². The van der Waals surface area contributed by atoms with Gasteiger partial charge in [0.05, 0.1) is 6.10 Å². The highest BCUT2D eigenvalue weighted by atomic mass is 16.4. The van der Waals surface area contributed by atoms with Gasteiger partial charge in [-0.2, -0.15) is 0 Å². The molecule has 17 heavy (non-hydrogen) atoms. The number of hydrogen-bond donors (Lipinski definition) is 3. The van der Waals surface area contributed by atoms with Gasteiger partial charge in [-0.05, 0) is 32.3 Å². The number of unbranched alkanes of at least 4 members (excludes halogenated alkanes) is 4. The van der Waals surface area contributed by atoms with Crippen molar-refractivity contribution in [3.8, 4) is 0 Å². The summed E-state index contributed by atoms with van der Waals surface area (Å²) in [7, 11) is 0. The van der Waals surface area contributed by atoms with Gasteiger partial charge in [-0.1, -0.05) is 25.7 Å². The Balaban J connectivity index is 3.83. The smallest absolute Gasteiger partial charge is 0.331 e. The van der Waals surface area contributed by atoms with Crippen LogP contribution in [0.5, 0.6) is 0 Å². The number of hydrogen-bond acceptors (Lipinski definition) is 3. The van der Waals surface area contributed by atoms with E-state index in [9.17, 15) is 9.90 Å². The summed E-state index contributed by atoms with van der Waals surface area (Å²) in [6.07, 6.45) is 4.75. The topological polar surface area (TPSA) is 77.8 Å². The van der Waals surface area contributed by atoms with E-state index in [0.29, 0.717) is 12.0 Å². The van der Waals surface area contributed by atoms with E-state index in [1.807, 2.05) is 0 Å². The highest BCUT2D eigenvalue weighted by Gasteiger charge is 2.12. The zero-order valence-electron chi connectivity index (χ0n) is 10.8. The van der Waals surface area contributed by atoms with Crippen LogP contribution in [-0.2, 0) is 4.79 Å². The third-order valence-electron chi connectivity index (χ3n) is 3.05. The second kappa shape index (κ2) is 9.19. The van der Waals surface area contributed by atoms with Gasteiger partial charge in [0.1, 0.15) is 0 Å². The number of aliphatic hydroxyl groups is 2. The van der Waals surface area contributed by atoms with Crippen LogP contribution < -0.4 is 0 Å². The lowest BCUT2D eigenvalue weighted by atomic mass is 10.00. The summed E-state index contributed by atoms with van der Waals surface area (Å²) in [5, 5.41) is 27.2. The summed E-state index contributed by atoms with van der Waals surface area (Å²) in [6.45, 7) is 3.42. The van der Waals surface area contributed by atoms with Crippen molar-refractivity contribution in [2.75, 3.05) is 6.61 Å². The zero-order chi connectivity index (χ0) is 13.3. The van der Waals surface area contributed by atoms with Gasteiger partial charge in [-0.3, -0.25) is 0 Å². The molecule has 0 aliphatic rings. The van der Waals surface area contributed by atoms with E-state index in [-0.39, 0.29) is 12.2 Å². The van der Waals surface area contributed by atoms with Gasteiger partial charge in [0.15, 0.2) is 0 Å². The lowest BCUT2D eigenvalue weighted by Crippen LogP contribution is -2.13. The first-order valence-corrected chi connectivity index (χ1v) is 6.20. The number of carbonyl (C=O) groups is 1. The quantitative estimate of drug-likeness (QED) is 0.429. The first-order chi connectivity index (χ1) is 8.00. The van der Waals surface area contributed by atoms with E-state index in [4.69, 9.17) is 10.2 Å². The molecule has 0 aromatic rings. The highest BCUT2D eigenvalue weighted by molar-refractivity contribution is 5.86. The second-order valence-corrected chi connectivity index (χ2v) is 4.41. The Morgan fingerprint density at radius 2 is 1.59 bits per heavy atom. The van der Waals surface area contributed by atoms with Gasteiger partial charge in [0.25, 0.3) is 0 Å². The lowest BCUT2D eigenvalue weighted by Gasteiger charge is -2.12. The Morgan fingerprint density at radius 1 is 1.06 bits per heavy atom. The molecule has 0 spiro atoms. The number of carboxylic acids is 1. The molecular weight excluding hydrogens is 220 g/mol. The molecule has 0 radical (unpaired) electrons. The molecule has 1 unspecified atom stereocenters. The van der Waals surface area contributed by atoms with E-state index in [1.165, 1.54) is 6.92 Å². The number of aliphatic carboxylic acids is 1. The van der Waals surface area contributed by atoms with Crippen molar-refractivity contribution in [3.05, 3.63) is 11.1 Å². The average Bonchev–Trinajstić information content (AvgIpc) is 2.31. The van der Waals surface area contributed by atoms with Crippen molar-refractivity contribution in [3.63, 3.8) is 0 Å². The van der Waals surface area contributed by atoms with Gasteiger partial charge in [-0.25, -0.2) is 4.79 Å². The molecule has 4 nitrogen and oxygen atoms in total. The molecule has 3 N–H and O–H groups in total. The number of aliphatic hydroxyl groups excluding tert-OH is 2. The third-order valence-corrected chi connectivity index (χ3v) is 3.05. The summed E-state index contributed by atoms with van der Waals surface area (Å²) in [4.78, 5) is 10.7. The summed E-state index contributed by atoms with van der Waals surface area (Å²) in [5.41, 5.74) is 0.783. The van der Waals surface area contributed by atoms with Gasteiger partial charge in [0, 0.05) is 12.2 Å². The van der Waals surface area contributed by atoms with E-state index in [0.717, 1.165) is 32.1 Å². The zero-order valence-corrected chi connectivity index (χ0v) is 10.8. The first kappa shape index (κ1) is 16.1. The van der Waals surface area contributed by atoms with Crippen LogP contribution in [-0.4, -0.2) is 34.0 Å². The first-order valence-electron chi connectivity index (χ1n) is 6.20. The molecule has 0 heterocycles. The molecular formula is C13H24O4. The predicted molar refractivity (Wildman–Crippen MR) is 66.8 cm³/mol. The molecule has 100 valence electrons. The predicted octanol–water partition coefficient (Wildman–Crippen LogP) is 2.10. The van der Waals surface area contributed by atoms with Crippen molar-refractivity contribution in [2.24, 2.45) is 0 Å². The maximum absolute atomic E-state index is 10.7. The molecule has 0 rings (SSSR count). The molecule has 0 aromatic heterocycles. The van der Waals surface area contributed by atoms with Crippen molar-refractivity contribution in [2.45, 2.75) is 58.5 Å². The highest BCUT2D eigenvalue weighted by Crippen LogP contribution is 2.15. The Labute approximate surface area is 103 Å². The van der Waals surface area contributed by atoms with Gasteiger partial charge in [0.2, 0.25) is 0 Å². The molecule has 0 fully saturated rings. The Hall–Kier alpha value is -0.870. The van der Waals surface area contributed by atoms with Gasteiger partial charge >= 0.3 is 5.97 Å². The van der Waals surface area contributed by atoms with Crippen LogP contribution in [0.4, 0.5) is 0 Å². The fourth-order valence-electron chi connectivity index (χ4n) is 1.61. The molecule has 1 atom stereocenters. The third kappa shape index (κ3) is 7.13. The molecule has 0 aliphatic heterocycles. The molecule has 0 amide bonds. The van der Waals surface area contributed by atoms with Crippen molar-refractivity contribution in [1.29, 1.82) is 0 Å². The molecule has 0 aromatic carbocycles. The van der Waals surface area contributed by atoms with E-state index in [1.54, 1.807) is 6.92 Å². The standard InChI is InChI=1S/C13H24O4/c1-10(11(2)13(16)17)12(15)8-6-4-3-5-7-9-14/h12,14-15H,3-9H2,1-2H3,(H,16,17). The largest absolute Gasteiger partial charge is 0.478 e. The monoisotopic (exact) mass is 244 g/mol.